The van der Waals surface area contributed by atoms with E-state index in [0.29, 0.717) is 19.4 Å². The Morgan fingerprint density at radius 3 is 2.56 bits per heavy atom. The Hall–Kier alpha value is -0.610. The van der Waals surface area contributed by atoms with Gasteiger partial charge in [0.25, 0.3) is 0 Å². The largest absolute Gasteiger partial charge is 0.480 e. The van der Waals surface area contributed by atoms with Crippen LogP contribution >= 0.6 is 0 Å². The van der Waals surface area contributed by atoms with Crippen molar-refractivity contribution in [1.82, 2.24) is 0 Å². The molecule has 0 spiro atoms. The summed E-state index contributed by atoms with van der Waals surface area (Å²) in [5.74, 6) is -0.955. The van der Waals surface area contributed by atoms with Gasteiger partial charge in [0.1, 0.15) is 6.04 Å². The Kier molecular flexibility index (Phi) is 4.00. The minimum absolute atomic E-state index is 0.464. The fourth-order valence-electron chi connectivity index (χ4n) is 0.461. The van der Waals surface area contributed by atoms with Crippen molar-refractivity contribution in [2.24, 2.45) is 11.5 Å². The topological polar surface area (TPSA) is 89.3 Å². The Morgan fingerprint density at radius 2 is 2.22 bits per heavy atom. The van der Waals surface area contributed by atoms with Crippen molar-refractivity contribution < 1.29 is 9.90 Å². The molecule has 0 aromatic rings. The monoisotopic (exact) mass is 134 g/mol. The van der Waals surface area contributed by atoms with E-state index in [-0.39, 0.29) is 0 Å². The lowest BCUT2D eigenvalue weighted by atomic mass is 10.4. The molecule has 0 aliphatic carbocycles. The average Bonchev–Trinajstić information content (AvgIpc) is 1.82. The summed E-state index contributed by atoms with van der Waals surface area (Å²) in [6.07, 6.45) is 1.14. The molecular weight excluding hydrogens is 122 g/mol. The maximum atomic E-state index is 10.0. The third-order valence-electron chi connectivity index (χ3n) is 1.04. The molecule has 4 heteroatoms. The zero-order valence-corrected chi connectivity index (χ0v) is 5.21. The standard InChI is InChI=1S/C5H12N2O2/c6-3-1-2-4(7)5(8)9/h4H,1-3,6-7H2,(H,8,9)/t4-/m0/s1/i4+1,5+1. The van der Waals surface area contributed by atoms with Crippen LogP contribution in [0.2, 0.25) is 0 Å². The van der Waals surface area contributed by atoms with Crippen LogP contribution < -0.4 is 11.5 Å². The lowest BCUT2D eigenvalue weighted by Gasteiger charge is -2.02. The fraction of sp³-hybridized carbons (Fsp3) is 0.800. The molecule has 54 valence electrons. The van der Waals surface area contributed by atoms with Crippen LogP contribution in [0.15, 0.2) is 0 Å². The van der Waals surface area contributed by atoms with E-state index in [0.717, 1.165) is 0 Å². The van der Waals surface area contributed by atoms with E-state index in [1.165, 1.54) is 0 Å². The van der Waals surface area contributed by atoms with Gasteiger partial charge < -0.3 is 16.6 Å². The van der Waals surface area contributed by atoms with E-state index < -0.39 is 12.0 Å². The van der Waals surface area contributed by atoms with Crippen LogP contribution in [0.1, 0.15) is 12.8 Å². The third-order valence-corrected chi connectivity index (χ3v) is 1.04. The van der Waals surface area contributed by atoms with Crippen LogP contribution in [0.3, 0.4) is 0 Å². The molecule has 0 heterocycles. The van der Waals surface area contributed by atoms with Gasteiger partial charge in [0, 0.05) is 0 Å². The normalized spacial score (nSPS) is 13.1. The zero-order chi connectivity index (χ0) is 7.28. The number of nitrogens with two attached hydrogens (primary N) is 2. The number of carboxylic acids is 1. The molecule has 0 fully saturated rings. The van der Waals surface area contributed by atoms with Crippen molar-refractivity contribution in [2.75, 3.05) is 6.54 Å². The molecule has 0 aromatic heterocycles. The SMILES string of the molecule is NCCC[13C@H](N)[13C](=O)O. The summed E-state index contributed by atoms with van der Waals surface area (Å²) in [7, 11) is 0. The first-order valence-electron chi connectivity index (χ1n) is 2.87. The number of hydrogen-bond acceptors (Lipinski definition) is 3. The van der Waals surface area contributed by atoms with Crippen molar-refractivity contribution in [3.63, 3.8) is 0 Å². The van der Waals surface area contributed by atoms with Gasteiger partial charge in [-0.3, -0.25) is 4.79 Å². The summed E-state index contributed by atoms with van der Waals surface area (Å²) in [5.41, 5.74) is 10.3. The molecular formula is C5H12N2O2. The molecule has 0 aromatic carbocycles. The number of aliphatic carboxylic acids is 1. The van der Waals surface area contributed by atoms with Crippen molar-refractivity contribution in [2.45, 2.75) is 18.9 Å². The van der Waals surface area contributed by atoms with Gasteiger partial charge in [0.2, 0.25) is 0 Å². The predicted molar refractivity (Wildman–Crippen MR) is 33.9 cm³/mol. The van der Waals surface area contributed by atoms with E-state index in [1.807, 2.05) is 0 Å². The Labute approximate surface area is 53.8 Å². The first kappa shape index (κ1) is 8.39. The van der Waals surface area contributed by atoms with Crippen LogP contribution in [0, 0.1) is 0 Å². The molecule has 9 heavy (non-hydrogen) atoms. The second-order valence-electron chi connectivity index (χ2n) is 1.88. The third kappa shape index (κ3) is 3.93. The van der Waals surface area contributed by atoms with Crippen molar-refractivity contribution in [1.29, 1.82) is 0 Å². The van der Waals surface area contributed by atoms with E-state index in [2.05, 4.69) is 0 Å². The highest BCUT2D eigenvalue weighted by Crippen LogP contribution is 1.91. The molecule has 0 unspecified atom stereocenters. The van der Waals surface area contributed by atoms with E-state index in [9.17, 15) is 4.79 Å². The van der Waals surface area contributed by atoms with Crippen molar-refractivity contribution in [3.8, 4) is 0 Å². The minimum Gasteiger partial charge on any atom is -0.480 e. The highest BCUT2D eigenvalue weighted by Gasteiger charge is 2.08. The molecule has 0 radical (unpaired) electrons. The lowest BCUT2D eigenvalue weighted by molar-refractivity contribution is -0.138. The van der Waals surface area contributed by atoms with Gasteiger partial charge in [0.05, 0.1) is 0 Å². The van der Waals surface area contributed by atoms with E-state index in [1.54, 1.807) is 0 Å². The molecule has 0 bridgehead atoms. The van der Waals surface area contributed by atoms with Crippen LogP contribution in [0.4, 0.5) is 0 Å². The number of hydrogen-bond donors (Lipinski definition) is 3. The van der Waals surface area contributed by atoms with Gasteiger partial charge in [0.15, 0.2) is 0 Å². The summed E-state index contributed by atoms with van der Waals surface area (Å²) < 4.78 is 0. The van der Waals surface area contributed by atoms with Crippen molar-refractivity contribution >= 4 is 5.97 Å². The van der Waals surface area contributed by atoms with Crippen LogP contribution in [0.25, 0.3) is 0 Å². The quantitative estimate of drug-likeness (QED) is 0.436. The summed E-state index contributed by atoms with van der Waals surface area (Å²) in [6.45, 7) is 0.501. The highest BCUT2D eigenvalue weighted by atomic mass is 16.5. The van der Waals surface area contributed by atoms with Crippen LogP contribution in [0.5, 0.6) is 0 Å². The Morgan fingerprint density at radius 1 is 1.67 bits per heavy atom. The molecule has 0 rings (SSSR count). The van der Waals surface area contributed by atoms with Crippen molar-refractivity contribution in [3.05, 3.63) is 0 Å². The maximum Gasteiger partial charge on any atom is 0.320 e. The van der Waals surface area contributed by atoms with Crippen LogP contribution in [-0.2, 0) is 4.79 Å². The van der Waals surface area contributed by atoms with E-state index >= 15 is 0 Å². The van der Waals surface area contributed by atoms with Gasteiger partial charge in [-0.1, -0.05) is 0 Å². The average molecular weight is 134 g/mol. The summed E-state index contributed by atoms with van der Waals surface area (Å²) in [6, 6.07) is -0.742. The number of carboxylic acid groups (broad SMARTS) is 1. The zero-order valence-electron chi connectivity index (χ0n) is 5.21. The van der Waals surface area contributed by atoms with E-state index in [4.69, 9.17) is 16.6 Å². The minimum atomic E-state index is -0.955. The molecule has 1 atom stereocenters. The fourth-order valence-corrected chi connectivity index (χ4v) is 0.461. The smallest absolute Gasteiger partial charge is 0.320 e. The Balaban J connectivity index is 3.27. The molecule has 0 saturated carbocycles. The van der Waals surface area contributed by atoms with Gasteiger partial charge >= 0.3 is 5.97 Å². The molecule has 0 aliphatic rings. The molecule has 0 amide bonds. The number of rotatable bonds is 4. The van der Waals surface area contributed by atoms with Gasteiger partial charge in [-0.15, -0.1) is 0 Å². The second-order valence-corrected chi connectivity index (χ2v) is 1.88. The summed E-state index contributed by atoms with van der Waals surface area (Å²) >= 11 is 0. The predicted octanol–water partition coefficient (Wildman–Crippen LogP) is -0.863. The van der Waals surface area contributed by atoms with Gasteiger partial charge in [-0.25, -0.2) is 0 Å². The molecule has 5 N–H and O–H groups in total. The Bertz CT molecular complexity index is 95.0. The van der Waals surface area contributed by atoms with Gasteiger partial charge in [-0.05, 0) is 19.4 Å². The van der Waals surface area contributed by atoms with Crippen LogP contribution in [-0.4, -0.2) is 23.7 Å². The van der Waals surface area contributed by atoms with Gasteiger partial charge in [-0.2, -0.15) is 0 Å². The first-order chi connectivity index (χ1) is 4.18. The molecule has 0 aliphatic heterocycles. The maximum absolute atomic E-state index is 10.0. The first-order valence-corrected chi connectivity index (χ1v) is 2.87. The summed E-state index contributed by atoms with van der Waals surface area (Å²) in [5, 5.41) is 8.24. The highest BCUT2D eigenvalue weighted by molar-refractivity contribution is 5.72. The lowest BCUT2D eigenvalue weighted by Crippen LogP contribution is -2.30. The molecule has 4 nitrogen and oxygen atoms in total. The number of carbonyl (C=O) groups is 1. The second kappa shape index (κ2) is 4.29. The summed E-state index contributed by atoms with van der Waals surface area (Å²) in [4.78, 5) is 10.0. The molecule has 0 saturated heterocycles.